The van der Waals surface area contributed by atoms with Gasteiger partial charge in [0.1, 0.15) is 5.00 Å². The van der Waals surface area contributed by atoms with Crippen molar-refractivity contribution < 1.29 is 9.59 Å². The predicted molar refractivity (Wildman–Crippen MR) is 140 cm³/mol. The average Bonchev–Trinajstić information content (AvgIpc) is 3.16. The zero-order chi connectivity index (χ0) is 22.9. The Balaban J connectivity index is 1.51. The normalized spacial score (nSPS) is 15.2. The number of carbonyl (C=O) groups excluding carboxylic acids is 2. The Kier molecular flexibility index (Phi) is 6.04. The third-order valence-electron chi connectivity index (χ3n) is 6.09. The molecule has 1 aliphatic carbocycles. The maximum Gasteiger partial charge on any atom is 0.258 e. The van der Waals surface area contributed by atoms with E-state index in [4.69, 9.17) is 0 Å². The number of anilines is 2. The van der Waals surface area contributed by atoms with Crippen molar-refractivity contribution in [3.63, 3.8) is 0 Å². The Hall–Kier alpha value is -2.96. The lowest BCUT2D eigenvalue weighted by atomic mass is 9.88. The number of rotatable bonds is 4. The predicted octanol–water partition coefficient (Wildman–Crippen LogP) is 7.29. The first-order valence-electron chi connectivity index (χ1n) is 11.0. The fraction of sp³-hybridized carbons (Fsp3) is 0.185. The summed E-state index contributed by atoms with van der Waals surface area (Å²) in [5.74, 6) is 0.170. The molecule has 1 aliphatic rings. The van der Waals surface area contributed by atoms with Crippen molar-refractivity contribution in [3.8, 4) is 0 Å². The van der Waals surface area contributed by atoms with Crippen molar-refractivity contribution in [1.82, 2.24) is 0 Å². The highest BCUT2D eigenvalue weighted by Gasteiger charge is 2.29. The first-order chi connectivity index (χ1) is 16.0. The summed E-state index contributed by atoms with van der Waals surface area (Å²) in [5.41, 5.74) is 2.98. The molecule has 2 amide bonds. The van der Waals surface area contributed by atoms with Crippen LogP contribution in [0.1, 0.15) is 44.5 Å². The Bertz CT molecular complexity index is 1370. The van der Waals surface area contributed by atoms with Gasteiger partial charge in [0.2, 0.25) is 0 Å². The molecule has 0 saturated carbocycles. The summed E-state index contributed by atoms with van der Waals surface area (Å²) in [6.07, 6.45) is 2.82. The molecule has 0 aliphatic heterocycles. The zero-order valence-corrected chi connectivity index (χ0v) is 20.6. The summed E-state index contributed by atoms with van der Waals surface area (Å²) in [6.45, 7) is 2.23. The smallest absolute Gasteiger partial charge is 0.258 e. The molecule has 33 heavy (non-hydrogen) atoms. The number of carbonyl (C=O) groups is 2. The minimum atomic E-state index is -0.220. The van der Waals surface area contributed by atoms with E-state index in [-0.39, 0.29) is 11.8 Å². The van der Waals surface area contributed by atoms with Crippen LogP contribution in [0.15, 0.2) is 71.2 Å². The third kappa shape index (κ3) is 4.45. The molecule has 0 spiro atoms. The lowest BCUT2D eigenvalue weighted by Gasteiger charge is -2.19. The van der Waals surface area contributed by atoms with E-state index >= 15 is 0 Å². The molecule has 0 bridgehead atoms. The van der Waals surface area contributed by atoms with Crippen LogP contribution in [-0.2, 0) is 12.8 Å². The quantitative estimate of drug-likeness (QED) is 0.297. The highest BCUT2D eigenvalue weighted by molar-refractivity contribution is 9.10. The van der Waals surface area contributed by atoms with E-state index in [1.54, 1.807) is 12.1 Å². The second-order valence-corrected chi connectivity index (χ2v) is 10.5. The van der Waals surface area contributed by atoms with E-state index in [0.29, 0.717) is 22.0 Å². The summed E-state index contributed by atoms with van der Waals surface area (Å²) in [5, 5.41) is 8.83. The van der Waals surface area contributed by atoms with Crippen LogP contribution in [-0.4, -0.2) is 11.8 Å². The lowest BCUT2D eigenvalue weighted by Crippen LogP contribution is -2.19. The maximum absolute atomic E-state index is 13.6. The van der Waals surface area contributed by atoms with Crippen LogP contribution < -0.4 is 10.6 Å². The van der Waals surface area contributed by atoms with Gasteiger partial charge < -0.3 is 10.6 Å². The number of benzene rings is 3. The minimum Gasteiger partial charge on any atom is -0.321 e. The van der Waals surface area contributed by atoms with Gasteiger partial charge in [-0.05, 0) is 60.4 Å². The molecular weight excluding hydrogens is 496 g/mol. The van der Waals surface area contributed by atoms with E-state index in [0.717, 1.165) is 45.8 Å². The van der Waals surface area contributed by atoms with Crippen molar-refractivity contribution in [2.45, 2.75) is 26.2 Å². The fourth-order valence-electron chi connectivity index (χ4n) is 4.40. The van der Waals surface area contributed by atoms with Gasteiger partial charge in [-0.3, -0.25) is 9.59 Å². The number of thiophene rings is 1. The van der Waals surface area contributed by atoms with Gasteiger partial charge in [-0.2, -0.15) is 0 Å². The molecule has 0 unspecified atom stereocenters. The van der Waals surface area contributed by atoms with Gasteiger partial charge in [0.05, 0.1) is 5.56 Å². The molecule has 5 rings (SSSR count). The summed E-state index contributed by atoms with van der Waals surface area (Å²) in [4.78, 5) is 27.8. The Morgan fingerprint density at radius 3 is 2.61 bits per heavy atom. The van der Waals surface area contributed by atoms with E-state index in [1.807, 2.05) is 54.6 Å². The minimum absolute atomic E-state index is 0.178. The molecule has 2 N–H and O–H groups in total. The molecule has 0 saturated heterocycles. The van der Waals surface area contributed by atoms with E-state index in [1.165, 1.54) is 16.2 Å². The first-order valence-corrected chi connectivity index (χ1v) is 12.6. The van der Waals surface area contributed by atoms with E-state index in [9.17, 15) is 9.59 Å². The van der Waals surface area contributed by atoms with Crippen LogP contribution in [0.4, 0.5) is 10.7 Å². The SMILES string of the molecule is C[C@@H]1CCc2c(sc(NC(=O)c3cccc(Br)c3)c2C(=O)Nc2cccc3ccccc23)C1. The second-order valence-electron chi connectivity index (χ2n) is 8.50. The summed E-state index contributed by atoms with van der Waals surface area (Å²) >= 11 is 4.95. The first kappa shape index (κ1) is 21.9. The van der Waals surface area contributed by atoms with Gasteiger partial charge in [0.15, 0.2) is 0 Å². The van der Waals surface area contributed by atoms with Gasteiger partial charge in [0, 0.05) is 26.0 Å². The van der Waals surface area contributed by atoms with Crippen LogP contribution in [0.25, 0.3) is 10.8 Å². The van der Waals surface area contributed by atoms with Gasteiger partial charge in [-0.15, -0.1) is 11.3 Å². The van der Waals surface area contributed by atoms with Crippen molar-refractivity contribution >= 4 is 60.5 Å². The Morgan fingerprint density at radius 2 is 1.76 bits per heavy atom. The van der Waals surface area contributed by atoms with Gasteiger partial charge in [-0.1, -0.05) is 65.3 Å². The molecule has 0 radical (unpaired) electrons. The molecule has 1 heterocycles. The second kappa shape index (κ2) is 9.12. The molecule has 0 fully saturated rings. The van der Waals surface area contributed by atoms with Crippen LogP contribution in [0, 0.1) is 5.92 Å². The molecule has 1 aromatic heterocycles. The molecular formula is C27H23BrN2O2S. The topological polar surface area (TPSA) is 58.2 Å². The van der Waals surface area contributed by atoms with E-state index in [2.05, 4.69) is 33.5 Å². The largest absolute Gasteiger partial charge is 0.321 e. The van der Waals surface area contributed by atoms with Crippen molar-refractivity contribution in [2.75, 3.05) is 10.6 Å². The van der Waals surface area contributed by atoms with Crippen molar-refractivity contribution in [2.24, 2.45) is 5.92 Å². The van der Waals surface area contributed by atoms with Crippen LogP contribution in [0.2, 0.25) is 0 Å². The van der Waals surface area contributed by atoms with Crippen LogP contribution in [0.3, 0.4) is 0 Å². The van der Waals surface area contributed by atoms with Gasteiger partial charge in [-0.25, -0.2) is 0 Å². The average molecular weight is 519 g/mol. The van der Waals surface area contributed by atoms with Crippen LogP contribution >= 0.6 is 27.3 Å². The van der Waals surface area contributed by atoms with Gasteiger partial charge >= 0.3 is 0 Å². The van der Waals surface area contributed by atoms with Gasteiger partial charge in [0.25, 0.3) is 11.8 Å². The number of hydrogen-bond acceptors (Lipinski definition) is 3. The number of nitrogens with one attached hydrogen (secondary N) is 2. The molecule has 4 nitrogen and oxygen atoms in total. The number of amides is 2. The molecule has 1 atom stereocenters. The highest BCUT2D eigenvalue weighted by atomic mass is 79.9. The maximum atomic E-state index is 13.6. The van der Waals surface area contributed by atoms with Crippen molar-refractivity contribution in [1.29, 1.82) is 0 Å². The zero-order valence-electron chi connectivity index (χ0n) is 18.2. The lowest BCUT2D eigenvalue weighted by molar-refractivity contribution is 0.102. The number of fused-ring (bicyclic) bond motifs is 2. The Morgan fingerprint density at radius 1 is 0.970 bits per heavy atom. The standard InChI is InChI=1S/C27H23BrN2O2S/c1-16-12-13-21-23(14-16)33-27(30-25(31)18-8-4-9-19(28)15-18)24(21)26(32)29-22-11-5-7-17-6-2-3-10-20(17)22/h2-11,15-16H,12-14H2,1H3,(H,29,32)(H,30,31)/t16-/m1/s1. The van der Waals surface area contributed by atoms with Crippen LogP contribution in [0.5, 0.6) is 0 Å². The molecule has 6 heteroatoms. The summed E-state index contributed by atoms with van der Waals surface area (Å²) < 4.78 is 0.836. The molecule has 3 aromatic carbocycles. The molecule has 166 valence electrons. The monoisotopic (exact) mass is 518 g/mol. The summed E-state index contributed by atoms with van der Waals surface area (Å²) in [6, 6.07) is 21.1. The van der Waals surface area contributed by atoms with E-state index < -0.39 is 0 Å². The number of hydrogen-bond donors (Lipinski definition) is 2. The highest BCUT2D eigenvalue weighted by Crippen LogP contribution is 2.40. The number of halogens is 1. The molecule has 4 aromatic rings. The summed E-state index contributed by atoms with van der Waals surface area (Å²) in [7, 11) is 0. The van der Waals surface area contributed by atoms with Crippen molar-refractivity contribution in [3.05, 3.63) is 92.8 Å². The third-order valence-corrected chi connectivity index (χ3v) is 7.75. The fourth-order valence-corrected chi connectivity index (χ4v) is 6.21. The Labute approximate surface area is 205 Å².